The molecule has 3 aliphatic rings. The molecule has 0 amide bonds. The summed E-state index contributed by atoms with van der Waals surface area (Å²) >= 11 is 0. The molecule has 0 spiro atoms. The minimum Gasteiger partial charge on any atom is -0.497 e. The van der Waals surface area contributed by atoms with E-state index in [2.05, 4.69) is 4.90 Å². The first-order chi connectivity index (χ1) is 13.1. The molecule has 1 fully saturated rings. The standard InChI is InChI=1S/C22H21NO4/c1-13-21-15(11-23(12-26-21)16-6-7-16)10-18-20(24)19(27-22(13)18)9-14-4-3-5-17(8-14)25-2/h3-5,8-10,16H,6-7,11-12H2,1-2H3. The van der Waals surface area contributed by atoms with E-state index in [1.807, 2.05) is 37.3 Å². The van der Waals surface area contributed by atoms with E-state index in [0.717, 1.165) is 34.7 Å². The molecule has 0 unspecified atom stereocenters. The molecule has 0 radical (unpaired) electrons. The average molecular weight is 363 g/mol. The third-order valence-corrected chi connectivity index (χ3v) is 5.42. The van der Waals surface area contributed by atoms with E-state index in [1.165, 1.54) is 12.8 Å². The number of ketones is 1. The molecular weight excluding hydrogens is 342 g/mol. The number of Topliss-reactive ketones (excluding diaryl/α,β-unsaturated/α-hetero) is 1. The Labute approximate surface area is 158 Å². The van der Waals surface area contributed by atoms with Crippen LogP contribution in [0.1, 0.15) is 39.9 Å². The number of hydrogen-bond donors (Lipinski definition) is 0. The van der Waals surface area contributed by atoms with Crippen LogP contribution in [0, 0.1) is 6.92 Å². The molecule has 2 aromatic rings. The monoisotopic (exact) mass is 363 g/mol. The summed E-state index contributed by atoms with van der Waals surface area (Å²) in [5, 5.41) is 0. The number of nitrogens with zero attached hydrogens (tertiary/aromatic N) is 1. The van der Waals surface area contributed by atoms with Crippen LogP contribution < -0.4 is 14.2 Å². The first kappa shape index (κ1) is 16.4. The lowest BCUT2D eigenvalue weighted by Gasteiger charge is -2.30. The number of carbonyl (C=O) groups is 1. The molecular formula is C22H21NO4. The van der Waals surface area contributed by atoms with Crippen LogP contribution >= 0.6 is 0 Å². The van der Waals surface area contributed by atoms with E-state index in [4.69, 9.17) is 14.2 Å². The lowest BCUT2D eigenvalue weighted by atomic mass is 10.00. The summed E-state index contributed by atoms with van der Waals surface area (Å²) in [7, 11) is 1.62. The number of fused-ring (bicyclic) bond motifs is 2. The Morgan fingerprint density at radius 1 is 1.22 bits per heavy atom. The van der Waals surface area contributed by atoms with Crippen LogP contribution in [0.5, 0.6) is 17.2 Å². The predicted molar refractivity (Wildman–Crippen MR) is 101 cm³/mol. The molecule has 0 atom stereocenters. The normalized spacial score (nSPS) is 20.1. The SMILES string of the molecule is COc1cccc(C=C2Oc3c(cc4c(c3C)OCN(C3CC3)C4)C2=O)c1. The summed E-state index contributed by atoms with van der Waals surface area (Å²) in [6.45, 7) is 3.40. The van der Waals surface area contributed by atoms with Crippen molar-refractivity contribution < 1.29 is 19.0 Å². The Bertz CT molecular complexity index is 975. The average Bonchev–Trinajstić information content (AvgIpc) is 3.49. The third kappa shape index (κ3) is 2.79. The first-order valence-corrected chi connectivity index (χ1v) is 9.25. The highest BCUT2D eigenvalue weighted by atomic mass is 16.5. The van der Waals surface area contributed by atoms with Crippen LogP contribution in [0.4, 0.5) is 0 Å². The molecule has 0 bridgehead atoms. The minimum absolute atomic E-state index is 0.0812. The van der Waals surface area contributed by atoms with E-state index in [0.29, 0.717) is 29.8 Å². The van der Waals surface area contributed by atoms with Gasteiger partial charge >= 0.3 is 0 Å². The number of methoxy groups -OCH3 is 1. The van der Waals surface area contributed by atoms with Crippen molar-refractivity contribution in [3.05, 3.63) is 58.3 Å². The van der Waals surface area contributed by atoms with Gasteiger partial charge in [-0.25, -0.2) is 0 Å². The summed E-state index contributed by atoms with van der Waals surface area (Å²) in [5.74, 6) is 2.48. The van der Waals surface area contributed by atoms with Gasteiger partial charge < -0.3 is 14.2 Å². The highest BCUT2D eigenvalue weighted by Gasteiger charge is 2.36. The summed E-state index contributed by atoms with van der Waals surface area (Å²) in [4.78, 5) is 15.3. The van der Waals surface area contributed by atoms with Gasteiger partial charge in [0.15, 0.2) is 5.76 Å². The van der Waals surface area contributed by atoms with Crippen molar-refractivity contribution in [2.45, 2.75) is 32.4 Å². The van der Waals surface area contributed by atoms with Gasteiger partial charge in [-0.15, -0.1) is 0 Å². The second kappa shape index (κ2) is 6.13. The van der Waals surface area contributed by atoms with Gasteiger partial charge in [-0.05, 0) is 49.6 Å². The summed E-state index contributed by atoms with van der Waals surface area (Å²) < 4.78 is 17.2. The van der Waals surface area contributed by atoms with Crippen LogP contribution in [0.2, 0.25) is 0 Å². The van der Waals surface area contributed by atoms with Gasteiger partial charge in [0.25, 0.3) is 0 Å². The predicted octanol–water partition coefficient (Wildman–Crippen LogP) is 3.93. The Morgan fingerprint density at radius 3 is 2.85 bits per heavy atom. The number of benzene rings is 2. The smallest absolute Gasteiger partial charge is 0.231 e. The Kier molecular flexibility index (Phi) is 3.72. The molecule has 5 rings (SSSR count). The third-order valence-electron chi connectivity index (χ3n) is 5.42. The fourth-order valence-electron chi connectivity index (χ4n) is 3.82. The topological polar surface area (TPSA) is 48.0 Å². The van der Waals surface area contributed by atoms with Crippen molar-refractivity contribution in [1.29, 1.82) is 0 Å². The molecule has 0 N–H and O–H groups in total. The number of rotatable bonds is 3. The van der Waals surface area contributed by atoms with Gasteiger partial charge in [-0.1, -0.05) is 12.1 Å². The van der Waals surface area contributed by atoms with E-state index >= 15 is 0 Å². The van der Waals surface area contributed by atoms with Gasteiger partial charge in [0.2, 0.25) is 5.78 Å². The van der Waals surface area contributed by atoms with Crippen molar-refractivity contribution in [1.82, 2.24) is 4.90 Å². The van der Waals surface area contributed by atoms with Gasteiger partial charge in [0.05, 0.1) is 12.7 Å². The van der Waals surface area contributed by atoms with E-state index in [-0.39, 0.29) is 5.78 Å². The zero-order chi connectivity index (χ0) is 18.5. The number of hydrogen-bond acceptors (Lipinski definition) is 5. The zero-order valence-corrected chi connectivity index (χ0v) is 15.5. The Morgan fingerprint density at radius 2 is 2.07 bits per heavy atom. The zero-order valence-electron chi connectivity index (χ0n) is 15.5. The fourth-order valence-corrected chi connectivity index (χ4v) is 3.82. The molecule has 2 aliphatic heterocycles. The molecule has 2 heterocycles. The first-order valence-electron chi connectivity index (χ1n) is 9.25. The number of allylic oxidation sites excluding steroid dienone is 1. The van der Waals surface area contributed by atoms with Crippen LogP contribution in [0.15, 0.2) is 36.1 Å². The van der Waals surface area contributed by atoms with E-state index in [1.54, 1.807) is 13.2 Å². The molecule has 2 aromatic carbocycles. The highest BCUT2D eigenvalue weighted by Crippen LogP contribution is 2.44. The molecule has 0 aromatic heterocycles. The van der Waals surface area contributed by atoms with E-state index < -0.39 is 0 Å². The van der Waals surface area contributed by atoms with Crippen molar-refractivity contribution in [2.75, 3.05) is 13.8 Å². The quantitative estimate of drug-likeness (QED) is 0.773. The van der Waals surface area contributed by atoms with Gasteiger partial charge in [0.1, 0.15) is 24.0 Å². The summed E-state index contributed by atoms with van der Waals surface area (Å²) in [5.41, 5.74) is 3.47. The second-order valence-corrected chi connectivity index (χ2v) is 7.33. The van der Waals surface area contributed by atoms with Crippen LogP contribution in [0.25, 0.3) is 6.08 Å². The Balaban J connectivity index is 1.50. The summed E-state index contributed by atoms with van der Waals surface area (Å²) in [6.07, 6.45) is 4.23. The Hall–Kier alpha value is -2.79. The molecule has 27 heavy (non-hydrogen) atoms. The minimum atomic E-state index is -0.0812. The van der Waals surface area contributed by atoms with Crippen LogP contribution in [0.3, 0.4) is 0 Å². The van der Waals surface area contributed by atoms with Gasteiger partial charge in [-0.2, -0.15) is 0 Å². The van der Waals surface area contributed by atoms with Crippen molar-refractivity contribution in [2.24, 2.45) is 0 Å². The molecule has 1 saturated carbocycles. The maximum Gasteiger partial charge on any atom is 0.231 e. The van der Waals surface area contributed by atoms with E-state index in [9.17, 15) is 4.79 Å². The van der Waals surface area contributed by atoms with Crippen LogP contribution in [-0.4, -0.2) is 30.6 Å². The van der Waals surface area contributed by atoms with Crippen LogP contribution in [-0.2, 0) is 6.54 Å². The van der Waals surface area contributed by atoms with Gasteiger partial charge in [0, 0.05) is 23.7 Å². The molecule has 5 nitrogen and oxygen atoms in total. The molecule has 5 heteroatoms. The largest absolute Gasteiger partial charge is 0.497 e. The maximum atomic E-state index is 12.9. The second-order valence-electron chi connectivity index (χ2n) is 7.33. The fraction of sp³-hybridized carbons (Fsp3) is 0.318. The van der Waals surface area contributed by atoms with Crippen molar-refractivity contribution in [3.8, 4) is 17.2 Å². The maximum absolute atomic E-state index is 12.9. The molecule has 138 valence electrons. The van der Waals surface area contributed by atoms with Crippen molar-refractivity contribution >= 4 is 11.9 Å². The summed E-state index contributed by atoms with van der Waals surface area (Å²) in [6, 6.07) is 10.1. The molecule has 0 saturated heterocycles. The highest BCUT2D eigenvalue weighted by molar-refractivity contribution is 6.15. The number of ether oxygens (including phenoxy) is 3. The molecule has 1 aliphatic carbocycles. The van der Waals surface area contributed by atoms with Gasteiger partial charge in [-0.3, -0.25) is 9.69 Å². The lowest BCUT2D eigenvalue weighted by Crippen LogP contribution is -2.34. The number of carbonyl (C=O) groups excluding carboxylic acids is 1. The lowest BCUT2D eigenvalue weighted by molar-refractivity contribution is 0.0872. The van der Waals surface area contributed by atoms with Crippen molar-refractivity contribution in [3.63, 3.8) is 0 Å².